The van der Waals surface area contributed by atoms with E-state index in [2.05, 4.69) is 16.0 Å². The molecule has 0 radical (unpaired) electrons. The minimum absolute atomic E-state index is 0.146. The molecule has 6 rings (SSSR count). The molecule has 0 aliphatic carbocycles. The maximum absolute atomic E-state index is 12.6. The Morgan fingerprint density at radius 3 is 1.00 bits per heavy atom. The molecule has 0 atom stereocenters. The lowest BCUT2D eigenvalue weighted by molar-refractivity contribution is 0.126. The number of para-hydroxylation sites is 2. The molecule has 0 bridgehead atoms. The summed E-state index contributed by atoms with van der Waals surface area (Å²) in [5.41, 5.74) is 1.87. The first-order valence-corrected chi connectivity index (χ1v) is 19.9. The van der Waals surface area contributed by atoms with Crippen molar-refractivity contribution in [2.75, 3.05) is 16.0 Å². The van der Waals surface area contributed by atoms with Crippen molar-refractivity contribution in [1.29, 1.82) is 0 Å². The zero-order valence-electron chi connectivity index (χ0n) is 27.3. The standard InChI is InChI=1S/C37H31N3O10S3/c41-37(25-9-15-28(16-10-25)38-29-21-23-32(24-22-29)51(42,43)44,26-11-17-30(18-12-26)39-33-5-1-3-7-35(33)52(45,46)47)27-13-19-31(20-14-27)40-34-6-2-4-8-36(34)53(48,49)50/h1-24,38-41H,(H,42,43,44)(H,45,46,47)(H,48,49,50). The number of benzene rings is 6. The van der Waals surface area contributed by atoms with Gasteiger partial charge in [0.15, 0.2) is 0 Å². The Morgan fingerprint density at radius 2 is 0.679 bits per heavy atom. The zero-order valence-corrected chi connectivity index (χ0v) is 29.8. The highest BCUT2D eigenvalue weighted by Crippen LogP contribution is 2.39. The van der Waals surface area contributed by atoms with E-state index in [-0.39, 0.29) is 26.1 Å². The van der Waals surface area contributed by atoms with Gasteiger partial charge in [-0.25, -0.2) is 0 Å². The molecule has 0 saturated carbocycles. The molecule has 0 unspecified atom stereocenters. The fourth-order valence-electron chi connectivity index (χ4n) is 5.66. The number of aliphatic hydroxyl groups is 1. The predicted octanol–water partition coefficient (Wildman–Crippen LogP) is 6.94. The normalized spacial score (nSPS) is 12.2. The van der Waals surface area contributed by atoms with Crippen molar-refractivity contribution in [3.63, 3.8) is 0 Å². The Kier molecular flexibility index (Phi) is 10.1. The van der Waals surface area contributed by atoms with Crippen LogP contribution in [0.3, 0.4) is 0 Å². The van der Waals surface area contributed by atoms with Crippen LogP contribution in [0.2, 0.25) is 0 Å². The molecule has 13 nitrogen and oxygen atoms in total. The van der Waals surface area contributed by atoms with Crippen LogP contribution < -0.4 is 16.0 Å². The summed E-state index contributed by atoms with van der Waals surface area (Å²) >= 11 is 0. The molecule has 0 aliphatic rings. The molecule has 0 heterocycles. The Bertz CT molecular complexity index is 2480. The van der Waals surface area contributed by atoms with Gasteiger partial charge in [-0.05, 0) is 102 Å². The first-order valence-electron chi connectivity index (χ1n) is 15.6. The van der Waals surface area contributed by atoms with Gasteiger partial charge in [0.2, 0.25) is 0 Å². The monoisotopic (exact) mass is 773 g/mol. The summed E-state index contributed by atoms with van der Waals surface area (Å²) in [5, 5.41) is 21.7. The topological polar surface area (TPSA) is 219 Å². The first-order chi connectivity index (χ1) is 25.0. The molecule has 16 heteroatoms. The third-order valence-electron chi connectivity index (χ3n) is 8.24. The van der Waals surface area contributed by atoms with Crippen molar-refractivity contribution in [3.8, 4) is 0 Å². The van der Waals surface area contributed by atoms with Crippen LogP contribution in [0.4, 0.5) is 34.1 Å². The predicted molar refractivity (Wildman–Crippen MR) is 200 cm³/mol. The lowest BCUT2D eigenvalue weighted by atomic mass is 9.80. The van der Waals surface area contributed by atoms with Gasteiger partial charge in [-0.2, -0.15) is 25.3 Å². The van der Waals surface area contributed by atoms with Gasteiger partial charge in [-0.1, -0.05) is 60.7 Å². The van der Waals surface area contributed by atoms with Gasteiger partial charge in [0.05, 0.1) is 16.3 Å². The van der Waals surface area contributed by atoms with E-state index in [1.54, 1.807) is 84.9 Å². The van der Waals surface area contributed by atoms with Crippen molar-refractivity contribution in [3.05, 3.63) is 162 Å². The second-order valence-electron chi connectivity index (χ2n) is 11.8. The van der Waals surface area contributed by atoms with Crippen LogP contribution in [0, 0.1) is 0 Å². The average molecular weight is 774 g/mol. The molecule has 0 saturated heterocycles. The summed E-state index contributed by atoms with van der Waals surface area (Å²) in [6, 6.07) is 37.1. The largest absolute Gasteiger partial charge is 0.376 e. The van der Waals surface area contributed by atoms with Crippen LogP contribution in [0.15, 0.2) is 160 Å². The van der Waals surface area contributed by atoms with E-state index < -0.39 is 36.0 Å². The highest BCUT2D eigenvalue weighted by atomic mass is 32.2. The van der Waals surface area contributed by atoms with Crippen LogP contribution in [-0.4, -0.2) is 44.0 Å². The molecular formula is C37H31N3O10S3. The van der Waals surface area contributed by atoms with Gasteiger partial charge in [-0.3, -0.25) is 13.7 Å². The molecular weight excluding hydrogens is 743 g/mol. The Labute approximate surface area is 305 Å². The minimum atomic E-state index is -4.51. The third kappa shape index (κ3) is 8.40. The summed E-state index contributed by atoms with van der Waals surface area (Å²) in [5.74, 6) is 0. The van der Waals surface area contributed by atoms with E-state index in [0.29, 0.717) is 39.4 Å². The van der Waals surface area contributed by atoms with Crippen molar-refractivity contribution in [2.45, 2.75) is 20.3 Å². The average Bonchev–Trinajstić information content (AvgIpc) is 3.12. The number of nitrogens with one attached hydrogen (secondary N) is 3. The summed E-state index contributed by atoms with van der Waals surface area (Å²) < 4.78 is 99.1. The Morgan fingerprint density at radius 1 is 0.377 bits per heavy atom. The number of hydrogen-bond donors (Lipinski definition) is 7. The fraction of sp³-hybridized carbons (Fsp3) is 0.0270. The maximum atomic E-state index is 12.6. The molecule has 6 aromatic rings. The van der Waals surface area contributed by atoms with Gasteiger partial charge < -0.3 is 21.1 Å². The van der Waals surface area contributed by atoms with E-state index >= 15 is 0 Å². The molecule has 0 spiro atoms. The van der Waals surface area contributed by atoms with Crippen molar-refractivity contribution in [1.82, 2.24) is 0 Å². The summed E-state index contributed by atoms with van der Waals surface area (Å²) in [4.78, 5) is -0.871. The van der Waals surface area contributed by atoms with Crippen LogP contribution >= 0.6 is 0 Å². The van der Waals surface area contributed by atoms with E-state index in [0.717, 1.165) is 0 Å². The van der Waals surface area contributed by atoms with Crippen LogP contribution in [0.1, 0.15) is 16.7 Å². The van der Waals surface area contributed by atoms with Crippen LogP contribution in [0.25, 0.3) is 0 Å². The van der Waals surface area contributed by atoms with Gasteiger partial charge in [0.1, 0.15) is 15.4 Å². The first kappa shape index (κ1) is 37.2. The molecule has 0 aromatic heterocycles. The van der Waals surface area contributed by atoms with E-state index in [9.17, 15) is 44.0 Å². The van der Waals surface area contributed by atoms with Crippen LogP contribution in [0.5, 0.6) is 0 Å². The second kappa shape index (κ2) is 14.4. The highest BCUT2D eigenvalue weighted by molar-refractivity contribution is 7.86. The lowest BCUT2D eigenvalue weighted by Gasteiger charge is -2.31. The van der Waals surface area contributed by atoms with Gasteiger partial charge in [0, 0.05) is 22.7 Å². The van der Waals surface area contributed by atoms with E-state index in [1.165, 1.54) is 60.7 Å². The zero-order chi connectivity index (χ0) is 38.0. The minimum Gasteiger partial charge on any atom is -0.376 e. The van der Waals surface area contributed by atoms with Crippen molar-refractivity contribution >= 4 is 64.5 Å². The smallest absolute Gasteiger partial charge is 0.296 e. The Balaban J connectivity index is 1.34. The molecule has 0 fully saturated rings. The van der Waals surface area contributed by atoms with Gasteiger partial charge in [0.25, 0.3) is 30.4 Å². The number of hydrogen-bond acceptors (Lipinski definition) is 10. The van der Waals surface area contributed by atoms with Crippen molar-refractivity contribution in [2.24, 2.45) is 0 Å². The molecule has 0 amide bonds. The summed E-state index contributed by atoms with van der Waals surface area (Å²) in [7, 11) is -13.4. The Hall–Kier alpha value is -5.59. The van der Waals surface area contributed by atoms with Gasteiger partial charge >= 0.3 is 0 Å². The van der Waals surface area contributed by atoms with E-state index in [4.69, 9.17) is 0 Å². The summed E-state index contributed by atoms with van der Waals surface area (Å²) in [6.07, 6.45) is 0. The van der Waals surface area contributed by atoms with Crippen LogP contribution in [-0.2, 0) is 36.0 Å². The number of rotatable bonds is 12. The SMILES string of the molecule is O=S(=O)(O)c1ccc(Nc2ccc(C(O)(c3ccc(Nc4ccccc4S(=O)(=O)O)cc3)c3ccc(Nc4ccccc4S(=O)(=O)O)cc3)cc2)cc1. The van der Waals surface area contributed by atoms with E-state index in [1.807, 2.05) is 0 Å². The molecule has 0 aliphatic heterocycles. The molecule has 272 valence electrons. The highest BCUT2D eigenvalue weighted by Gasteiger charge is 2.34. The molecule has 7 N–H and O–H groups in total. The lowest BCUT2D eigenvalue weighted by Crippen LogP contribution is -2.28. The quantitative estimate of drug-likeness (QED) is 0.0496. The van der Waals surface area contributed by atoms with Gasteiger partial charge in [-0.15, -0.1) is 0 Å². The third-order valence-corrected chi connectivity index (χ3v) is 10.9. The number of anilines is 6. The maximum Gasteiger partial charge on any atom is 0.296 e. The second-order valence-corrected chi connectivity index (χ2v) is 16.0. The molecule has 6 aromatic carbocycles. The molecule has 53 heavy (non-hydrogen) atoms. The van der Waals surface area contributed by atoms with Crippen molar-refractivity contribution < 1.29 is 44.0 Å². The summed E-state index contributed by atoms with van der Waals surface area (Å²) in [6.45, 7) is 0. The fourth-order valence-corrected chi connectivity index (χ4v) is 7.44.